The van der Waals surface area contributed by atoms with Gasteiger partial charge in [0.1, 0.15) is 0 Å². The molecule has 0 saturated heterocycles. The fraction of sp³-hybridized carbons (Fsp3) is 0. The summed E-state index contributed by atoms with van der Waals surface area (Å²) in [5.41, 5.74) is 21.6. The highest BCUT2D eigenvalue weighted by Crippen LogP contribution is 2.46. The molecule has 0 spiro atoms. The summed E-state index contributed by atoms with van der Waals surface area (Å²) in [4.78, 5) is 0. The third-order valence-electron chi connectivity index (χ3n) is 8.07. The Hall–Kier alpha value is -5.48. The lowest BCUT2D eigenvalue weighted by atomic mass is 10.1. The van der Waals surface area contributed by atoms with Crippen molar-refractivity contribution in [2.75, 3.05) is 11.5 Å². The number of nitrogen functional groups attached to an aromatic ring is 2. The van der Waals surface area contributed by atoms with Crippen LogP contribution in [0.2, 0.25) is 0 Å². The Morgan fingerprint density at radius 3 is 1.15 bits per heavy atom. The van der Waals surface area contributed by atoms with Gasteiger partial charge in [0, 0.05) is 21.5 Å². The summed E-state index contributed by atoms with van der Waals surface area (Å²) in [6.07, 6.45) is 0. The molecule has 2 heterocycles. The Morgan fingerprint density at radius 2 is 0.700 bits per heavy atom. The minimum Gasteiger partial charge on any atom is -0.396 e. The molecule has 0 aliphatic rings. The van der Waals surface area contributed by atoms with Gasteiger partial charge in [0.15, 0.2) is 0 Å². The summed E-state index contributed by atoms with van der Waals surface area (Å²) < 4.78 is 4.58. The monoisotopic (exact) mass is 514 g/mol. The zero-order chi connectivity index (χ0) is 26.8. The second kappa shape index (κ2) is 8.52. The van der Waals surface area contributed by atoms with Crippen LogP contribution in [0.15, 0.2) is 133 Å². The fourth-order valence-corrected chi connectivity index (χ4v) is 6.30. The van der Waals surface area contributed by atoms with Crippen LogP contribution in [0, 0.1) is 0 Å². The van der Waals surface area contributed by atoms with Crippen LogP contribution in [-0.2, 0) is 0 Å². The van der Waals surface area contributed by atoms with Gasteiger partial charge >= 0.3 is 0 Å². The van der Waals surface area contributed by atoms with Crippen LogP contribution in [0.5, 0.6) is 0 Å². The van der Waals surface area contributed by atoms with Crippen LogP contribution < -0.4 is 11.5 Å². The molecule has 40 heavy (non-hydrogen) atoms. The first-order valence-electron chi connectivity index (χ1n) is 13.5. The topological polar surface area (TPSA) is 61.9 Å². The third-order valence-corrected chi connectivity index (χ3v) is 8.07. The van der Waals surface area contributed by atoms with Crippen molar-refractivity contribution in [3.63, 3.8) is 0 Å². The summed E-state index contributed by atoms with van der Waals surface area (Å²) in [7, 11) is 0. The summed E-state index contributed by atoms with van der Waals surface area (Å²) >= 11 is 0. The van der Waals surface area contributed by atoms with E-state index in [1.807, 2.05) is 12.1 Å². The maximum atomic E-state index is 7.11. The quantitative estimate of drug-likeness (QED) is 0.248. The highest BCUT2D eigenvalue weighted by Gasteiger charge is 2.27. The Bertz CT molecular complexity index is 2080. The number of benzene rings is 6. The van der Waals surface area contributed by atoms with Gasteiger partial charge in [-0.1, -0.05) is 109 Å². The van der Waals surface area contributed by atoms with Gasteiger partial charge in [-0.25, -0.2) is 0 Å². The molecule has 190 valence electrons. The lowest BCUT2D eigenvalue weighted by Crippen LogP contribution is -2.06. The number of rotatable bonds is 3. The van der Waals surface area contributed by atoms with Gasteiger partial charge in [-0.3, -0.25) is 0 Å². The number of nitrogens with two attached hydrogens (primary N) is 2. The number of nitrogens with zero attached hydrogens (tertiary/aromatic N) is 2. The zero-order valence-corrected chi connectivity index (χ0v) is 21.8. The minimum atomic E-state index is 0.708. The van der Waals surface area contributed by atoms with E-state index in [9.17, 15) is 0 Å². The van der Waals surface area contributed by atoms with E-state index in [1.54, 1.807) is 0 Å². The maximum Gasteiger partial charge on any atom is 0.0964 e. The molecule has 0 aliphatic carbocycles. The molecule has 4 N–H and O–H groups in total. The predicted octanol–water partition coefficient (Wildman–Crippen LogP) is 8.71. The number of fused-ring (bicyclic) bond motifs is 4. The summed E-state index contributed by atoms with van der Waals surface area (Å²) in [5, 5.41) is 6.64. The normalized spacial score (nSPS) is 11.7. The third kappa shape index (κ3) is 3.07. The van der Waals surface area contributed by atoms with Crippen LogP contribution in [0.4, 0.5) is 11.4 Å². The Kier molecular flexibility index (Phi) is 4.79. The molecule has 0 saturated carbocycles. The first-order chi connectivity index (χ1) is 19.7. The van der Waals surface area contributed by atoms with E-state index >= 15 is 0 Å². The van der Waals surface area contributed by atoms with Crippen LogP contribution in [0.1, 0.15) is 0 Å². The highest BCUT2D eigenvalue weighted by atomic mass is 15.1. The van der Waals surface area contributed by atoms with Gasteiger partial charge in [-0.05, 0) is 35.0 Å². The Labute approximate surface area is 231 Å². The van der Waals surface area contributed by atoms with Crippen molar-refractivity contribution >= 4 is 54.7 Å². The average molecular weight is 515 g/mol. The lowest BCUT2D eigenvalue weighted by molar-refractivity contribution is 1.09. The molecule has 0 aliphatic heterocycles. The largest absolute Gasteiger partial charge is 0.396 e. The Balaban J connectivity index is 1.59. The second-order valence-corrected chi connectivity index (χ2v) is 10.2. The lowest BCUT2D eigenvalue weighted by Gasteiger charge is -2.18. The van der Waals surface area contributed by atoms with Gasteiger partial charge in [-0.2, -0.15) is 0 Å². The molecule has 0 radical (unpaired) electrons. The number of anilines is 2. The van der Waals surface area contributed by atoms with Crippen LogP contribution in [0.3, 0.4) is 0 Å². The van der Waals surface area contributed by atoms with E-state index < -0.39 is 0 Å². The van der Waals surface area contributed by atoms with E-state index in [-0.39, 0.29) is 0 Å². The predicted molar refractivity (Wildman–Crippen MR) is 169 cm³/mol. The summed E-state index contributed by atoms with van der Waals surface area (Å²) in [5.74, 6) is 0. The maximum absolute atomic E-state index is 7.11. The smallest absolute Gasteiger partial charge is 0.0964 e. The second-order valence-electron chi connectivity index (χ2n) is 10.2. The van der Waals surface area contributed by atoms with Crippen molar-refractivity contribution in [3.05, 3.63) is 133 Å². The molecule has 0 bridgehead atoms. The zero-order valence-electron chi connectivity index (χ0n) is 21.8. The van der Waals surface area contributed by atoms with E-state index in [0.29, 0.717) is 11.4 Å². The molecule has 6 aromatic carbocycles. The van der Waals surface area contributed by atoms with E-state index in [0.717, 1.165) is 55.3 Å². The molecule has 0 amide bonds. The van der Waals surface area contributed by atoms with E-state index in [1.165, 1.54) is 10.8 Å². The van der Waals surface area contributed by atoms with Crippen molar-refractivity contribution in [3.8, 4) is 22.8 Å². The number of para-hydroxylation sites is 2. The minimum absolute atomic E-state index is 0.708. The van der Waals surface area contributed by atoms with E-state index in [4.69, 9.17) is 11.5 Å². The van der Waals surface area contributed by atoms with Crippen molar-refractivity contribution in [1.29, 1.82) is 0 Å². The van der Waals surface area contributed by atoms with E-state index in [2.05, 4.69) is 130 Å². The van der Waals surface area contributed by atoms with Crippen molar-refractivity contribution in [2.45, 2.75) is 0 Å². The highest BCUT2D eigenvalue weighted by molar-refractivity contribution is 6.11. The van der Waals surface area contributed by atoms with Crippen molar-refractivity contribution < 1.29 is 0 Å². The van der Waals surface area contributed by atoms with Crippen molar-refractivity contribution in [1.82, 2.24) is 9.13 Å². The van der Waals surface area contributed by atoms with Crippen LogP contribution in [-0.4, -0.2) is 9.13 Å². The van der Waals surface area contributed by atoms with Gasteiger partial charge in [-0.15, -0.1) is 0 Å². The van der Waals surface area contributed by atoms with Gasteiger partial charge in [0.05, 0.1) is 45.2 Å². The number of hydrogen-bond donors (Lipinski definition) is 2. The average Bonchev–Trinajstić information content (AvgIpc) is 3.46. The molecule has 4 nitrogen and oxygen atoms in total. The number of aromatic nitrogens is 2. The molecular weight excluding hydrogens is 488 g/mol. The molecule has 8 aromatic rings. The molecular formula is C36H26N4. The molecule has 0 atom stereocenters. The first kappa shape index (κ1) is 22.5. The molecule has 0 fully saturated rings. The molecule has 2 aromatic heterocycles. The Morgan fingerprint density at radius 1 is 0.350 bits per heavy atom. The summed E-state index contributed by atoms with van der Waals surface area (Å²) in [6, 6.07) is 46.5. The van der Waals surface area contributed by atoms with Crippen LogP contribution in [0.25, 0.3) is 66.1 Å². The van der Waals surface area contributed by atoms with Gasteiger partial charge in [0.25, 0.3) is 0 Å². The number of hydrogen-bond acceptors (Lipinski definition) is 2. The first-order valence-corrected chi connectivity index (χ1v) is 13.5. The molecule has 8 rings (SSSR count). The standard InChI is InChI=1S/C36H26N4/c37-33-27-17-5-7-19-31(27)39(29-21-9-13-23-11-1-3-15-25(23)29)35(33)36-34(38)28-18-6-8-20-32(28)40(36)30-22-10-14-24-12-2-4-16-26(24)30/h1-22H,37-38H2. The van der Waals surface area contributed by atoms with Gasteiger partial charge < -0.3 is 20.6 Å². The fourth-order valence-electron chi connectivity index (χ4n) is 6.30. The SMILES string of the molecule is Nc1c(-c2c(N)c3ccccc3n2-c2cccc3ccccc23)n(-c2cccc3ccccc23)c2ccccc12. The van der Waals surface area contributed by atoms with Crippen LogP contribution >= 0.6 is 0 Å². The van der Waals surface area contributed by atoms with Gasteiger partial charge in [0.2, 0.25) is 0 Å². The molecule has 0 unspecified atom stereocenters. The van der Waals surface area contributed by atoms with Crippen molar-refractivity contribution in [2.24, 2.45) is 0 Å². The summed E-state index contributed by atoms with van der Waals surface area (Å²) in [6.45, 7) is 0. The molecule has 4 heteroatoms.